The molecule has 0 bridgehead atoms. The molecule has 8 heteroatoms. The van der Waals surface area contributed by atoms with Gasteiger partial charge in [0.1, 0.15) is 5.82 Å². The Morgan fingerprint density at radius 1 is 1.27 bits per heavy atom. The van der Waals surface area contributed by atoms with E-state index in [0.717, 1.165) is 0 Å². The molecule has 0 heterocycles. The van der Waals surface area contributed by atoms with E-state index in [1.165, 1.54) is 24.3 Å². The minimum Gasteiger partial charge on any atom is -0.388 e. The van der Waals surface area contributed by atoms with Crippen LogP contribution in [0.1, 0.15) is 25.0 Å². The summed E-state index contributed by atoms with van der Waals surface area (Å²) in [6.45, 7) is 1.40. The first kappa shape index (κ1) is 20.3. The van der Waals surface area contributed by atoms with Gasteiger partial charge in [-0.25, -0.2) is 4.39 Å². The first-order chi connectivity index (χ1) is 9.92. The van der Waals surface area contributed by atoms with E-state index < -0.39 is 12.0 Å². The van der Waals surface area contributed by atoms with Crippen molar-refractivity contribution in [1.82, 2.24) is 10.6 Å². The first-order valence-corrected chi connectivity index (χ1v) is 6.62. The number of halogens is 2. The molecule has 22 heavy (non-hydrogen) atoms. The maximum atomic E-state index is 12.8. The number of nitrogens with two attached hydrogens (primary N) is 1. The molecule has 1 aromatic rings. The number of nitrogens with one attached hydrogen (secondary N) is 2. The van der Waals surface area contributed by atoms with Gasteiger partial charge in [-0.05, 0) is 31.0 Å². The molecule has 2 atom stereocenters. The van der Waals surface area contributed by atoms with Crippen LogP contribution in [0, 0.1) is 5.82 Å². The van der Waals surface area contributed by atoms with Crippen LogP contribution in [-0.4, -0.2) is 36.1 Å². The van der Waals surface area contributed by atoms with E-state index in [1.54, 1.807) is 6.92 Å². The predicted molar refractivity (Wildman–Crippen MR) is 82.9 cm³/mol. The monoisotopic (exact) mass is 333 g/mol. The molecule has 0 radical (unpaired) electrons. The number of benzene rings is 1. The van der Waals surface area contributed by atoms with E-state index in [4.69, 9.17) is 5.73 Å². The molecule has 124 valence electrons. The van der Waals surface area contributed by atoms with Crippen molar-refractivity contribution >= 4 is 24.2 Å². The zero-order valence-corrected chi connectivity index (χ0v) is 13.0. The van der Waals surface area contributed by atoms with Gasteiger partial charge < -0.3 is 21.5 Å². The molecule has 0 aliphatic heterocycles. The molecule has 0 aliphatic rings. The second-order valence-corrected chi connectivity index (χ2v) is 4.75. The van der Waals surface area contributed by atoms with Gasteiger partial charge in [0.25, 0.3) is 0 Å². The normalized spacial score (nSPS) is 12.7. The Balaban J connectivity index is 0.00000441. The fraction of sp³-hybridized carbons (Fsp3) is 0.429. The van der Waals surface area contributed by atoms with E-state index in [1.807, 2.05) is 0 Å². The average molecular weight is 334 g/mol. The van der Waals surface area contributed by atoms with Gasteiger partial charge in [-0.1, -0.05) is 12.1 Å². The van der Waals surface area contributed by atoms with Crippen LogP contribution in [0.25, 0.3) is 0 Å². The minimum atomic E-state index is -0.806. The molecule has 0 saturated heterocycles. The Labute approximate surface area is 134 Å². The van der Waals surface area contributed by atoms with Crippen LogP contribution in [0.2, 0.25) is 0 Å². The lowest BCUT2D eigenvalue weighted by Crippen LogP contribution is -2.42. The van der Waals surface area contributed by atoms with Gasteiger partial charge in [-0.2, -0.15) is 0 Å². The van der Waals surface area contributed by atoms with Crippen LogP contribution in [0.15, 0.2) is 24.3 Å². The number of hydrogen-bond donors (Lipinski definition) is 4. The number of aliphatic hydroxyl groups is 1. The van der Waals surface area contributed by atoms with Crippen molar-refractivity contribution in [1.29, 1.82) is 0 Å². The quantitative estimate of drug-likeness (QED) is 0.574. The second-order valence-electron chi connectivity index (χ2n) is 4.75. The largest absolute Gasteiger partial charge is 0.388 e. The Kier molecular flexibility index (Phi) is 9.32. The van der Waals surface area contributed by atoms with Crippen molar-refractivity contribution in [3.63, 3.8) is 0 Å². The molecular weight excluding hydrogens is 313 g/mol. The third-order valence-corrected chi connectivity index (χ3v) is 2.87. The van der Waals surface area contributed by atoms with Gasteiger partial charge >= 0.3 is 0 Å². The molecule has 1 rings (SSSR count). The van der Waals surface area contributed by atoms with Crippen LogP contribution < -0.4 is 16.4 Å². The van der Waals surface area contributed by atoms with Crippen LogP contribution in [0.5, 0.6) is 0 Å². The fourth-order valence-electron chi connectivity index (χ4n) is 1.79. The van der Waals surface area contributed by atoms with Crippen molar-refractivity contribution in [2.45, 2.75) is 25.5 Å². The van der Waals surface area contributed by atoms with E-state index in [0.29, 0.717) is 5.56 Å². The summed E-state index contributed by atoms with van der Waals surface area (Å²) >= 11 is 0. The predicted octanol–water partition coefficient (Wildman–Crippen LogP) is 0.251. The highest BCUT2D eigenvalue weighted by molar-refractivity contribution is 5.85. The van der Waals surface area contributed by atoms with Crippen molar-refractivity contribution in [2.24, 2.45) is 5.73 Å². The SMILES string of the molecule is CC(CC(O)c1ccc(F)cc1)NC(=O)CNC(=O)CN.Cl. The van der Waals surface area contributed by atoms with Crippen LogP contribution >= 0.6 is 12.4 Å². The lowest BCUT2D eigenvalue weighted by atomic mass is 10.0. The van der Waals surface area contributed by atoms with Gasteiger partial charge in [0.15, 0.2) is 0 Å². The molecule has 6 nitrogen and oxygen atoms in total. The summed E-state index contributed by atoms with van der Waals surface area (Å²) in [5, 5.41) is 15.0. The molecule has 5 N–H and O–H groups in total. The van der Waals surface area contributed by atoms with Crippen molar-refractivity contribution < 1.29 is 19.1 Å². The number of hydrogen-bond acceptors (Lipinski definition) is 4. The first-order valence-electron chi connectivity index (χ1n) is 6.62. The van der Waals surface area contributed by atoms with E-state index in [2.05, 4.69) is 10.6 Å². The van der Waals surface area contributed by atoms with E-state index in [-0.39, 0.29) is 49.7 Å². The van der Waals surface area contributed by atoms with Crippen LogP contribution in [-0.2, 0) is 9.59 Å². The number of aliphatic hydroxyl groups excluding tert-OH is 1. The minimum absolute atomic E-state index is 0. The molecule has 0 aliphatic carbocycles. The molecule has 0 aromatic heterocycles. The van der Waals surface area contributed by atoms with Gasteiger partial charge in [0.2, 0.25) is 11.8 Å². The van der Waals surface area contributed by atoms with Gasteiger partial charge in [0.05, 0.1) is 19.2 Å². The maximum Gasteiger partial charge on any atom is 0.239 e. The summed E-state index contributed by atoms with van der Waals surface area (Å²) in [5.41, 5.74) is 5.67. The lowest BCUT2D eigenvalue weighted by Gasteiger charge is -2.18. The van der Waals surface area contributed by atoms with Gasteiger partial charge in [0, 0.05) is 6.04 Å². The number of carbonyl (C=O) groups excluding carboxylic acids is 2. The van der Waals surface area contributed by atoms with Gasteiger partial charge in [-0.3, -0.25) is 9.59 Å². The number of carbonyl (C=O) groups is 2. The fourth-order valence-corrected chi connectivity index (χ4v) is 1.79. The zero-order chi connectivity index (χ0) is 15.8. The van der Waals surface area contributed by atoms with E-state index in [9.17, 15) is 19.1 Å². The molecular formula is C14H21ClFN3O3. The topological polar surface area (TPSA) is 104 Å². The Morgan fingerprint density at radius 2 is 1.86 bits per heavy atom. The number of amides is 2. The standard InChI is InChI=1S/C14H20FN3O3.ClH/c1-9(18-14(21)8-17-13(20)7-16)6-12(19)10-2-4-11(15)5-3-10;/h2-5,9,12,19H,6-8,16H2,1H3,(H,17,20)(H,18,21);1H. The summed E-state index contributed by atoms with van der Waals surface area (Å²) in [6.07, 6.45) is -0.526. The summed E-state index contributed by atoms with van der Waals surface area (Å²) in [7, 11) is 0. The molecule has 2 unspecified atom stereocenters. The molecule has 2 amide bonds. The highest BCUT2D eigenvalue weighted by atomic mass is 35.5. The van der Waals surface area contributed by atoms with Crippen molar-refractivity contribution in [3.05, 3.63) is 35.6 Å². The summed E-state index contributed by atoms with van der Waals surface area (Å²) in [4.78, 5) is 22.4. The third kappa shape index (κ3) is 7.35. The highest BCUT2D eigenvalue weighted by Gasteiger charge is 2.14. The smallest absolute Gasteiger partial charge is 0.239 e. The number of rotatable bonds is 7. The summed E-state index contributed by atoms with van der Waals surface area (Å²) in [6, 6.07) is 5.23. The van der Waals surface area contributed by atoms with Crippen molar-refractivity contribution in [2.75, 3.05) is 13.1 Å². The van der Waals surface area contributed by atoms with Crippen molar-refractivity contribution in [3.8, 4) is 0 Å². The average Bonchev–Trinajstić information content (AvgIpc) is 2.45. The Bertz CT molecular complexity index is 485. The molecule has 0 spiro atoms. The molecule has 0 fully saturated rings. The van der Waals surface area contributed by atoms with Crippen LogP contribution in [0.3, 0.4) is 0 Å². The van der Waals surface area contributed by atoms with Gasteiger partial charge in [-0.15, -0.1) is 12.4 Å². The second kappa shape index (κ2) is 10.1. The molecule has 0 saturated carbocycles. The highest BCUT2D eigenvalue weighted by Crippen LogP contribution is 2.18. The zero-order valence-electron chi connectivity index (χ0n) is 12.2. The summed E-state index contributed by atoms with van der Waals surface area (Å²) in [5.74, 6) is -1.15. The lowest BCUT2D eigenvalue weighted by molar-refractivity contribution is -0.125. The maximum absolute atomic E-state index is 12.8. The Hall–Kier alpha value is -1.70. The summed E-state index contributed by atoms with van der Waals surface area (Å²) < 4.78 is 12.8. The van der Waals surface area contributed by atoms with Crippen LogP contribution in [0.4, 0.5) is 4.39 Å². The third-order valence-electron chi connectivity index (χ3n) is 2.87. The van der Waals surface area contributed by atoms with E-state index >= 15 is 0 Å². The molecule has 1 aromatic carbocycles. The Morgan fingerprint density at radius 3 is 2.41 bits per heavy atom.